The number of carbonyl (C=O) groups is 1. The van der Waals surface area contributed by atoms with Gasteiger partial charge < -0.3 is 24.4 Å². The van der Waals surface area contributed by atoms with Crippen molar-refractivity contribution < 1.29 is 28.7 Å². The molecule has 1 aliphatic heterocycles. The van der Waals surface area contributed by atoms with Crippen LogP contribution >= 0.6 is 11.8 Å². The normalized spacial score (nSPS) is 14.4. The molecule has 1 aromatic carbocycles. The molecule has 0 spiro atoms. The van der Waals surface area contributed by atoms with Crippen molar-refractivity contribution in [2.24, 2.45) is 0 Å². The van der Waals surface area contributed by atoms with Crippen molar-refractivity contribution in [3.8, 4) is 17.1 Å². The number of rotatable bonds is 6. The number of thioether (sulfide) groups is 1. The molecule has 0 unspecified atom stereocenters. The van der Waals surface area contributed by atoms with Crippen LogP contribution in [0, 0.1) is 5.82 Å². The molecular formula is C21H19BFN3O5S. The third-order valence-electron chi connectivity index (χ3n) is 4.89. The molecule has 2 N–H and O–H groups in total. The maximum absolute atomic E-state index is 13.3. The van der Waals surface area contributed by atoms with Crippen LogP contribution in [-0.2, 0) is 12.3 Å². The lowest BCUT2D eigenvalue weighted by atomic mass is 9.89. The van der Waals surface area contributed by atoms with Gasteiger partial charge in [-0.15, -0.1) is 0 Å². The monoisotopic (exact) mass is 455 g/mol. The van der Waals surface area contributed by atoms with Crippen LogP contribution in [-0.4, -0.2) is 63.6 Å². The highest BCUT2D eigenvalue weighted by atomic mass is 32.2. The van der Waals surface area contributed by atoms with Crippen molar-refractivity contribution in [1.29, 1.82) is 0 Å². The average Bonchev–Trinajstić information content (AvgIpc) is 3.23. The Balaban J connectivity index is 1.52. The predicted molar refractivity (Wildman–Crippen MR) is 116 cm³/mol. The lowest BCUT2D eigenvalue weighted by Gasteiger charge is -2.26. The van der Waals surface area contributed by atoms with Gasteiger partial charge >= 0.3 is 0 Å². The maximum atomic E-state index is 13.3. The molecule has 1 saturated heterocycles. The zero-order chi connectivity index (χ0) is 22.7. The van der Waals surface area contributed by atoms with Crippen molar-refractivity contribution in [3.63, 3.8) is 0 Å². The summed E-state index contributed by atoms with van der Waals surface area (Å²) in [6, 6.07) is 8.56. The molecule has 1 amide bonds. The van der Waals surface area contributed by atoms with Crippen LogP contribution in [0.4, 0.5) is 4.39 Å². The molecule has 2 aromatic heterocycles. The molecule has 8 nitrogen and oxygen atoms in total. The Hall–Kier alpha value is -2.89. The van der Waals surface area contributed by atoms with E-state index >= 15 is 0 Å². The second-order valence-electron chi connectivity index (χ2n) is 7.15. The number of ether oxygens (including phenoxy) is 1. The van der Waals surface area contributed by atoms with Gasteiger partial charge in [0, 0.05) is 42.4 Å². The van der Waals surface area contributed by atoms with E-state index in [1.165, 1.54) is 30.5 Å². The highest BCUT2D eigenvalue weighted by Gasteiger charge is 2.31. The van der Waals surface area contributed by atoms with Gasteiger partial charge in [-0.2, -0.15) is 11.8 Å². The maximum Gasteiger partial charge on any atom is 0.255 e. The zero-order valence-corrected chi connectivity index (χ0v) is 17.7. The van der Waals surface area contributed by atoms with Crippen molar-refractivity contribution >= 4 is 25.5 Å². The summed E-state index contributed by atoms with van der Waals surface area (Å²) >= 11 is 1.82. The van der Waals surface area contributed by atoms with Gasteiger partial charge in [-0.1, -0.05) is 5.16 Å². The Bertz CT molecular complexity index is 1080. The SMILES string of the molecule is [B]C(O)(O)c1onc(-c2ccc(F)cc2)c1COc1ccc(C(=O)N2CCSCC2)cn1. The largest absolute Gasteiger partial charge is 0.473 e. The van der Waals surface area contributed by atoms with Crippen LogP contribution in [0.25, 0.3) is 11.3 Å². The molecule has 2 radical (unpaired) electrons. The van der Waals surface area contributed by atoms with E-state index in [1.807, 2.05) is 11.8 Å². The highest BCUT2D eigenvalue weighted by molar-refractivity contribution is 7.99. The third-order valence-corrected chi connectivity index (χ3v) is 5.83. The van der Waals surface area contributed by atoms with Crippen molar-refractivity contribution in [2.45, 2.75) is 12.3 Å². The first-order valence-electron chi connectivity index (χ1n) is 9.77. The molecule has 164 valence electrons. The van der Waals surface area contributed by atoms with E-state index < -0.39 is 17.3 Å². The number of benzene rings is 1. The first-order chi connectivity index (χ1) is 15.3. The quantitative estimate of drug-likeness (QED) is 0.429. The Morgan fingerprint density at radius 1 is 1.22 bits per heavy atom. The molecule has 0 atom stereocenters. The van der Waals surface area contributed by atoms with Gasteiger partial charge in [0.2, 0.25) is 5.88 Å². The lowest BCUT2D eigenvalue weighted by Crippen LogP contribution is -2.37. The van der Waals surface area contributed by atoms with Gasteiger partial charge in [0.15, 0.2) is 19.3 Å². The fourth-order valence-electron chi connectivity index (χ4n) is 3.25. The Morgan fingerprint density at radius 2 is 1.94 bits per heavy atom. The highest BCUT2D eigenvalue weighted by Crippen LogP contribution is 2.31. The third kappa shape index (κ3) is 4.95. The number of nitrogens with zero attached hydrogens (tertiary/aromatic N) is 3. The first kappa shape index (κ1) is 22.3. The first-order valence-corrected chi connectivity index (χ1v) is 10.9. The van der Waals surface area contributed by atoms with Crippen LogP contribution in [0.5, 0.6) is 5.88 Å². The molecule has 0 aliphatic carbocycles. The lowest BCUT2D eigenvalue weighted by molar-refractivity contribution is -0.110. The molecular weight excluding hydrogens is 436 g/mol. The minimum Gasteiger partial charge on any atom is -0.473 e. The fraction of sp³-hybridized carbons (Fsp3) is 0.286. The Morgan fingerprint density at radius 3 is 2.56 bits per heavy atom. The van der Waals surface area contributed by atoms with Gasteiger partial charge in [-0.25, -0.2) is 9.37 Å². The topological polar surface area (TPSA) is 109 Å². The summed E-state index contributed by atoms with van der Waals surface area (Å²) < 4.78 is 24.0. The van der Waals surface area contributed by atoms with Crippen molar-refractivity contribution in [1.82, 2.24) is 15.0 Å². The van der Waals surface area contributed by atoms with E-state index in [0.29, 0.717) is 24.2 Å². The zero-order valence-electron chi connectivity index (χ0n) is 16.9. The Labute approximate surface area is 188 Å². The van der Waals surface area contributed by atoms with Gasteiger partial charge in [0.25, 0.3) is 5.91 Å². The number of halogens is 1. The number of hydrogen-bond donors (Lipinski definition) is 2. The summed E-state index contributed by atoms with van der Waals surface area (Å²) in [5.41, 5.74) is -1.49. The standard InChI is InChI=1S/C21H19BFN3O5S/c22-21(28,29)19-16(18(25-31-19)13-1-4-15(23)5-2-13)12-30-17-6-3-14(11-24-17)20(27)26-7-9-32-10-8-26/h1-6,11,28-29H,7-10,12H2. The number of amides is 1. The summed E-state index contributed by atoms with van der Waals surface area (Å²) in [6.07, 6.45) is 1.43. The van der Waals surface area contributed by atoms with Crippen LogP contribution in [0.15, 0.2) is 47.1 Å². The van der Waals surface area contributed by atoms with Gasteiger partial charge in [0.1, 0.15) is 18.1 Å². The fourth-order valence-corrected chi connectivity index (χ4v) is 4.16. The number of aromatic nitrogens is 2. The molecule has 4 rings (SSSR count). The second-order valence-corrected chi connectivity index (χ2v) is 8.37. The molecule has 0 saturated carbocycles. The van der Waals surface area contributed by atoms with E-state index in [0.717, 1.165) is 11.5 Å². The molecule has 3 heterocycles. The smallest absolute Gasteiger partial charge is 0.255 e. The summed E-state index contributed by atoms with van der Waals surface area (Å²) in [6.45, 7) is 1.19. The van der Waals surface area contributed by atoms with Crippen LogP contribution in [0.1, 0.15) is 21.7 Å². The van der Waals surface area contributed by atoms with Crippen LogP contribution in [0.2, 0.25) is 0 Å². The van der Waals surface area contributed by atoms with Crippen molar-refractivity contribution in [2.75, 3.05) is 24.6 Å². The number of aliphatic hydroxyl groups is 2. The van der Waals surface area contributed by atoms with E-state index in [4.69, 9.17) is 17.1 Å². The van der Waals surface area contributed by atoms with E-state index in [-0.39, 0.29) is 29.7 Å². The van der Waals surface area contributed by atoms with Gasteiger partial charge in [-0.3, -0.25) is 4.79 Å². The van der Waals surface area contributed by atoms with Crippen LogP contribution in [0.3, 0.4) is 0 Å². The van der Waals surface area contributed by atoms with Gasteiger partial charge in [0.05, 0.1) is 11.1 Å². The van der Waals surface area contributed by atoms with Gasteiger partial charge in [-0.05, 0) is 30.3 Å². The minimum absolute atomic E-state index is 0.0854. The number of carbonyl (C=O) groups excluding carboxylic acids is 1. The predicted octanol–water partition coefficient (Wildman–Crippen LogP) is 1.91. The summed E-state index contributed by atoms with van der Waals surface area (Å²) in [5, 5.41) is 23.5. The molecule has 11 heteroatoms. The number of hydrogen-bond acceptors (Lipinski definition) is 8. The molecule has 1 fully saturated rings. The number of pyridine rings is 1. The molecule has 32 heavy (non-hydrogen) atoms. The van der Waals surface area contributed by atoms with E-state index in [9.17, 15) is 19.4 Å². The second kappa shape index (κ2) is 9.31. The average molecular weight is 455 g/mol. The minimum atomic E-state index is -2.79. The van der Waals surface area contributed by atoms with Crippen LogP contribution < -0.4 is 4.74 Å². The molecule has 1 aliphatic rings. The van der Waals surface area contributed by atoms with E-state index in [1.54, 1.807) is 17.0 Å². The molecule has 3 aromatic rings. The summed E-state index contributed by atoms with van der Waals surface area (Å²) in [5.74, 6) is 1.09. The molecule has 0 bridgehead atoms. The van der Waals surface area contributed by atoms with E-state index in [2.05, 4.69) is 10.1 Å². The Kier molecular flexibility index (Phi) is 6.49. The summed E-state index contributed by atoms with van der Waals surface area (Å²) in [7, 11) is 5.37. The van der Waals surface area contributed by atoms with Crippen molar-refractivity contribution in [3.05, 3.63) is 65.3 Å². The summed E-state index contributed by atoms with van der Waals surface area (Å²) in [4.78, 5) is 18.5.